The molecule has 12 atom stereocenters. The minimum absolute atomic E-state index is 0.136. The monoisotopic (exact) mass is 1810 g/mol. The van der Waals surface area contributed by atoms with Crippen LogP contribution < -0.4 is 42.0 Å². The molecule has 0 spiro atoms. The highest BCUT2D eigenvalue weighted by Gasteiger charge is 2.40. The number of hydrogen-bond acceptors (Lipinski definition) is 31. The van der Waals surface area contributed by atoms with Gasteiger partial charge in [-0.3, -0.25) is 26.9 Å². The van der Waals surface area contributed by atoms with Crippen LogP contribution in [0, 0.1) is 37.0 Å². The number of nitrogens with zero attached hydrogens (tertiary/aromatic N) is 7. The number of aryl methyl sites for hydroxylation is 1. The Labute approximate surface area is 697 Å². The van der Waals surface area contributed by atoms with Crippen LogP contribution in [0.4, 0.5) is 17.5 Å². The van der Waals surface area contributed by atoms with Crippen LogP contribution in [0.3, 0.4) is 0 Å². The van der Waals surface area contributed by atoms with E-state index < -0.39 is 67.0 Å². The Kier molecular flexibility index (Phi) is 27.4. The average molecular weight is 1810 g/mol. The van der Waals surface area contributed by atoms with Gasteiger partial charge in [-0.15, -0.1) is 40.4 Å². The van der Waals surface area contributed by atoms with Crippen LogP contribution in [0.25, 0.3) is 0 Å². The quantitative estimate of drug-likeness (QED) is 0.0154. The van der Waals surface area contributed by atoms with Crippen molar-refractivity contribution in [3.63, 3.8) is 0 Å². The number of thiophene rings is 3. The molecule has 0 radical (unpaired) electrons. The number of ketones is 3. The predicted octanol–water partition coefficient (Wildman–Crippen LogP) is 8.16. The molecule has 3 fully saturated rings. The summed E-state index contributed by atoms with van der Waals surface area (Å²) in [6.45, 7) is 3.38. The van der Waals surface area contributed by atoms with Crippen molar-refractivity contribution in [2.75, 3.05) is 55.5 Å². The van der Waals surface area contributed by atoms with E-state index in [2.05, 4.69) is 108 Å². The topological polar surface area (TPSA) is 480 Å². The number of rotatable bonds is 24. The number of nitrogens with two attached hydrogens (primary N) is 3. The van der Waals surface area contributed by atoms with E-state index in [0.29, 0.717) is 96.6 Å². The minimum Gasteiger partial charge on any atom is -0.393 e. The molecule has 7 aromatic heterocycles. The predicted molar refractivity (Wildman–Crippen MR) is 436 cm³/mol. The highest BCUT2D eigenvalue weighted by atomic mass is 79.9. The van der Waals surface area contributed by atoms with Crippen LogP contribution in [0.5, 0.6) is 0 Å². The van der Waals surface area contributed by atoms with Gasteiger partial charge in [0.1, 0.15) is 47.7 Å². The number of halogens is 4. The first-order valence-electron chi connectivity index (χ1n) is 36.0. The molecule has 0 bridgehead atoms. The van der Waals surface area contributed by atoms with Gasteiger partial charge in [0.25, 0.3) is 0 Å². The minimum atomic E-state index is -4.11. The first-order valence-corrected chi connectivity index (χ1v) is 44.8. The average Bonchev–Trinajstić information content (AvgIpc) is 1.67. The number of carbonyl (C=O) groups excluding carboxylic acids is 3. The molecule has 15 rings (SSSR count). The molecular formula is C74H77BrCl3N15O16S6. The second-order valence-corrected chi connectivity index (χ2v) is 37.8. The van der Waals surface area contributed by atoms with E-state index in [4.69, 9.17) is 61.4 Å². The molecule has 6 aliphatic rings. The van der Waals surface area contributed by atoms with Crippen LogP contribution in [0.1, 0.15) is 163 Å². The molecule has 2 aromatic carbocycles. The van der Waals surface area contributed by atoms with E-state index in [1.54, 1.807) is 12.1 Å². The fourth-order valence-corrected chi connectivity index (χ4v) is 20.3. The Balaban J connectivity index is 0.000000150. The number of hydrogen-bond donors (Lipinski definition) is 11. The number of terminal acetylenes is 1. The second-order valence-electron chi connectivity index (χ2n) is 28.3. The highest BCUT2D eigenvalue weighted by Crippen LogP contribution is 2.44. The summed E-state index contributed by atoms with van der Waals surface area (Å²) in [5, 5.41) is 62.7. The van der Waals surface area contributed by atoms with E-state index >= 15 is 0 Å². The third kappa shape index (κ3) is 21.2. The van der Waals surface area contributed by atoms with Crippen LogP contribution in [-0.4, -0.2) is 169 Å². The van der Waals surface area contributed by atoms with Crippen LogP contribution in [-0.2, 0) is 67.5 Å². The lowest BCUT2D eigenvalue weighted by Gasteiger charge is -2.27. The molecular weight excluding hydrogens is 1730 g/mol. The molecule has 0 saturated heterocycles. The van der Waals surface area contributed by atoms with Crippen LogP contribution in [0.15, 0.2) is 109 Å². The molecule has 3 saturated carbocycles. The van der Waals surface area contributed by atoms with Crippen molar-refractivity contribution in [1.29, 1.82) is 0 Å². The highest BCUT2D eigenvalue weighted by molar-refractivity contribution is 9.10. The van der Waals surface area contributed by atoms with Crippen molar-refractivity contribution < 1.29 is 72.2 Å². The van der Waals surface area contributed by atoms with Crippen LogP contribution >= 0.6 is 84.7 Å². The lowest BCUT2D eigenvalue weighted by Crippen LogP contribution is -2.31. The SMILES string of the molecule is C#Cc1ccc2c(c1)C(c1cc(C(=O)c3cncnc3N[C@@H]3C[C@H](COS(N)(=O)=O)[C@@H](O)C3)sc1C)OCC2.NS(=O)(=O)OC[C@H]1C[C@@H](Nc2ncncc2C(=O)c2cc(C3NCCc4ccc(Br)cc43)c(Cl)s2)C[C@@H]1O.NS(=O)(=O)OC[C@H]1C[C@@H](Nc2ncncc2C(=O)c2cc(C3NCCc4ccc(Cl)nc43)c(Cl)s2)C[C@@H]1O. The van der Waals surface area contributed by atoms with Gasteiger partial charge in [-0.05, 0) is 147 Å². The summed E-state index contributed by atoms with van der Waals surface area (Å²) in [4.78, 5) is 72.6. The number of carbonyl (C=O) groups is 3. The number of aliphatic hydroxyl groups excluding tert-OH is 3. The first-order chi connectivity index (χ1) is 54.8. The molecule has 3 aliphatic carbocycles. The number of aliphatic hydroxyl groups is 3. The van der Waals surface area contributed by atoms with Crippen molar-refractivity contribution in [2.45, 2.75) is 119 Å². The molecule has 0 amide bonds. The van der Waals surface area contributed by atoms with Gasteiger partial charge >= 0.3 is 30.9 Å². The summed E-state index contributed by atoms with van der Waals surface area (Å²) >= 11 is 26.7. The first kappa shape index (κ1) is 85.5. The van der Waals surface area contributed by atoms with Crippen molar-refractivity contribution in [3.05, 3.63) is 215 Å². The number of ether oxygens (including phenoxy) is 1. The fraction of sp³-hybridized carbons (Fsp3) is 0.378. The van der Waals surface area contributed by atoms with Crippen molar-refractivity contribution in [2.24, 2.45) is 33.2 Å². The summed E-state index contributed by atoms with van der Waals surface area (Å²) in [5.41, 5.74) is 10.5. The smallest absolute Gasteiger partial charge is 0.333 e. The summed E-state index contributed by atoms with van der Waals surface area (Å²) in [6, 6.07) is 20.1. The molecule has 9 aromatic rings. The number of anilines is 3. The van der Waals surface area contributed by atoms with Crippen LogP contribution in [0.2, 0.25) is 13.8 Å². The molecule has 608 valence electrons. The fourth-order valence-electron chi connectivity index (χ4n) is 15.0. The molecule has 31 nitrogen and oxygen atoms in total. The third-order valence-corrected chi connectivity index (χ3v) is 26.5. The summed E-state index contributed by atoms with van der Waals surface area (Å²) in [6.07, 6.45) is 15.9. The number of fused-ring (bicyclic) bond motifs is 3. The number of nitrogens with one attached hydrogen (secondary N) is 5. The van der Waals surface area contributed by atoms with E-state index in [0.717, 1.165) is 97.7 Å². The van der Waals surface area contributed by atoms with Gasteiger partial charge < -0.3 is 46.6 Å². The van der Waals surface area contributed by atoms with E-state index in [-0.39, 0.29) is 84.6 Å². The molecule has 41 heteroatoms. The molecule has 115 heavy (non-hydrogen) atoms. The maximum absolute atomic E-state index is 13.6. The zero-order chi connectivity index (χ0) is 81.8. The summed E-state index contributed by atoms with van der Waals surface area (Å²) in [5.74, 6) is 1.51. The van der Waals surface area contributed by atoms with E-state index in [9.17, 15) is 55.0 Å². The Morgan fingerprint density at radius 1 is 0.565 bits per heavy atom. The van der Waals surface area contributed by atoms with Crippen molar-refractivity contribution in [3.8, 4) is 12.3 Å². The van der Waals surface area contributed by atoms with Gasteiger partial charge in [-0.2, -0.15) is 25.3 Å². The third-order valence-electron chi connectivity index (χ3n) is 20.6. The maximum atomic E-state index is 13.6. The Morgan fingerprint density at radius 2 is 0.991 bits per heavy atom. The number of benzene rings is 2. The van der Waals surface area contributed by atoms with Gasteiger partial charge in [-0.1, -0.05) is 74.9 Å². The number of aromatic nitrogens is 7. The molecule has 10 heterocycles. The molecule has 3 aliphatic heterocycles. The Bertz CT molecular complexity index is 5330. The maximum Gasteiger partial charge on any atom is 0.333 e. The molecule has 14 N–H and O–H groups in total. The zero-order valence-electron chi connectivity index (χ0n) is 60.9. The summed E-state index contributed by atoms with van der Waals surface area (Å²) < 4.78 is 88.8. The lowest BCUT2D eigenvalue weighted by molar-refractivity contribution is 0.0697. The lowest BCUT2D eigenvalue weighted by atomic mass is 9.91. The van der Waals surface area contributed by atoms with Gasteiger partial charge in [0.05, 0.1) is 103 Å². The zero-order valence-corrected chi connectivity index (χ0v) is 69.7. The normalized spacial score (nSPS) is 23.1. The summed E-state index contributed by atoms with van der Waals surface area (Å²) in [7, 11) is -12.3. The van der Waals surface area contributed by atoms with Crippen molar-refractivity contribution in [1.82, 2.24) is 45.5 Å². The van der Waals surface area contributed by atoms with Gasteiger partial charge in [0.2, 0.25) is 17.3 Å². The molecule has 3 unspecified atom stereocenters. The largest absolute Gasteiger partial charge is 0.393 e. The van der Waals surface area contributed by atoms with Gasteiger partial charge in [0.15, 0.2) is 0 Å². The van der Waals surface area contributed by atoms with Gasteiger partial charge in [-0.25, -0.2) is 50.3 Å². The van der Waals surface area contributed by atoms with Crippen molar-refractivity contribution >= 4 is 150 Å². The second kappa shape index (κ2) is 36.9. The van der Waals surface area contributed by atoms with Gasteiger partial charge in [0, 0.05) is 93.6 Å². The Morgan fingerprint density at radius 3 is 1.47 bits per heavy atom. The van der Waals surface area contributed by atoms with E-state index in [1.165, 1.54) is 71.4 Å². The Hall–Kier alpha value is -7.38. The van der Waals surface area contributed by atoms with E-state index in [1.807, 2.05) is 49.4 Å². The number of pyridine rings is 1. The standard InChI is InChI=1S/C27H28N4O6S2.C24H25BrClN5O5S2.C23H24Cl2N6O5S2/c1-3-16-4-5-17-6-7-36-26(21(17)8-16)20-11-24(38-15(20)2)25(33)22-12-29-14-30-27(22)31-19-9-18(23(32)10-19)13-37-39(28,34)35;25-14-2-1-12-3-4-29-21(16(12)6-14)17-8-20(37-23(17)26)22(33)18-9-28-11-30-24(18)31-15-5-13(19(32)7-15)10-36-38(27,34)35;24-18-2-1-11-3-4-28-20(19(11)31-18)14-7-17(37-22(14)25)21(33)15-8-27-10-29-23(15)30-13-5-12(16(32)6-13)9-36-38(26,34)35/h1,4-5,8,11-12,14,18-19,23,26,32H,6-7,9-10,13H2,2H3,(H2,28,34,35)(H,29,30,31);1-2,6,8-9,11,13,15,19,21,29,32H,3-5,7,10H2,(H2,27,34,35)(H,28,30,31);1-2,7-8,10,12-13,16,20,28,32H,3-6,9H2,(H2,26,34,35)(H,27,29,30)/t18-,19-,23+,26?;13-,15-,19+,21?;12-,13-,16+,20?/m111/s1.